The Kier molecular flexibility index (Phi) is 4.68. The van der Waals surface area contributed by atoms with Gasteiger partial charge in [-0.15, -0.1) is 0 Å². The van der Waals surface area contributed by atoms with Crippen LogP contribution < -0.4 is 10.6 Å². The zero-order valence-corrected chi connectivity index (χ0v) is 12.9. The van der Waals surface area contributed by atoms with E-state index < -0.39 is 0 Å². The van der Waals surface area contributed by atoms with Crippen LogP contribution in [0.15, 0.2) is 0 Å². The van der Waals surface area contributed by atoms with Gasteiger partial charge >= 0.3 is 0 Å². The second-order valence-electron chi connectivity index (χ2n) is 6.61. The molecule has 0 bridgehead atoms. The van der Waals surface area contributed by atoms with E-state index in [1.54, 1.807) is 19.0 Å². The molecule has 20 heavy (non-hydrogen) atoms. The van der Waals surface area contributed by atoms with E-state index in [1.165, 1.54) is 0 Å². The molecule has 5 heteroatoms. The average molecular weight is 281 g/mol. The Bertz CT molecular complexity index is 371. The van der Waals surface area contributed by atoms with E-state index in [0.717, 1.165) is 38.8 Å². The summed E-state index contributed by atoms with van der Waals surface area (Å²) in [6.07, 6.45) is 3.95. The highest BCUT2D eigenvalue weighted by molar-refractivity contribution is 5.84. The molecule has 2 fully saturated rings. The number of nitrogens with one attached hydrogen (secondary N) is 2. The highest BCUT2D eigenvalue weighted by atomic mass is 16.2. The van der Waals surface area contributed by atoms with Crippen molar-refractivity contribution in [1.29, 1.82) is 0 Å². The predicted molar refractivity (Wildman–Crippen MR) is 78.1 cm³/mol. The molecule has 2 rings (SSSR count). The minimum absolute atomic E-state index is 0.0316. The first-order chi connectivity index (χ1) is 9.46. The molecule has 0 aromatic carbocycles. The normalized spacial score (nSPS) is 22.9. The van der Waals surface area contributed by atoms with Crippen LogP contribution in [0.3, 0.4) is 0 Å². The van der Waals surface area contributed by atoms with E-state index in [-0.39, 0.29) is 23.1 Å². The molecule has 1 aliphatic carbocycles. The average Bonchev–Trinajstić information content (AvgIpc) is 2.82. The van der Waals surface area contributed by atoms with Gasteiger partial charge in [-0.1, -0.05) is 19.8 Å². The largest absolute Gasteiger partial charge is 0.355 e. The summed E-state index contributed by atoms with van der Waals surface area (Å²) in [5, 5.41) is 6.23. The van der Waals surface area contributed by atoms with Crippen molar-refractivity contribution in [2.45, 2.75) is 32.6 Å². The smallest absolute Gasteiger partial charge is 0.230 e. The van der Waals surface area contributed by atoms with E-state index in [1.807, 2.05) is 6.92 Å². The number of carbonyl (C=O) groups is 2. The first kappa shape index (κ1) is 15.3. The molecule has 5 nitrogen and oxygen atoms in total. The van der Waals surface area contributed by atoms with E-state index in [0.29, 0.717) is 12.5 Å². The zero-order valence-electron chi connectivity index (χ0n) is 12.9. The fourth-order valence-corrected chi connectivity index (χ4v) is 3.29. The molecule has 2 N–H and O–H groups in total. The summed E-state index contributed by atoms with van der Waals surface area (Å²) < 4.78 is 0. The highest BCUT2D eigenvalue weighted by Crippen LogP contribution is 2.39. The lowest BCUT2D eigenvalue weighted by molar-refractivity contribution is -0.139. The summed E-state index contributed by atoms with van der Waals surface area (Å²) in [5.74, 6) is 0.728. The maximum Gasteiger partial charge on any atom is 0.230 e. The molecule has 2 amide bonds. The van der Waals surface area contributed by atoms with Crippen LogP contribution in [0.5, 0.6) is 0 Å². The first-order valence-corrected chi connectivity index (χ1v) is 7.66. The van der Waals surface area contributed by atoms with Crippen molar-refractivity contribution in [3.05, 3.63) is 0 Å². The Morgan fingerprint density at radius 1 is 1.30 bits per heavy atom. The molecule has 0 aromatic rings. The molecule has 0 radical (unpaired) electrons. The Labute approximate surface area is 121 Å². The van der Waals surface area contributed by atoms with Crippen LogP contribution in [0.25, 0.3) is 0 Å². The number of hydrogen-bond donors (Lipinski definition) is 2. The van der Waals surface area contributed by atoms with Crippen LogP contribution in [0.4, 0.5) is 0 Å². The molecule has 1 saturated heterocycles. The van der Waals surface area contributed by atoms with Crippen molar-refractivity contribution in [3.8, 4) is 0 Å². The van der Waals surface area contributed by atoms with E-state index >= 15 is 0 Å². The van der Waals surface area contributed by atoms with Gasteiger partial charge in [-0.2, -0.15) is 0 Å². The van der Waals surface area contributed by atoms with Crippen LogP contribution in [0.1, 0.15) is 32.6 Å². The first-order valence-electron chi connectivity index (χ1n) is 7.66. The van der Waals surface area contributed by atoms with Gasteiger partial charge in [0, 0.05) is 26.6 Å². The molecule has 1 unspecified atom stereocenters. The lowest BCUT2D eigenvalue weighted by atomic mass is 9.83. The molecule has 1 atom stereocenters. The molecule has 114 valence electrons. The van der Waals surface area contributed by atoms with Crippen molar-refractivity contribution in [3.63, 3.8) is 0 Å². The van der Waals surface area contributed by atoms with Crippen LogP contribution >= 0.6 is 0 Å². The van der Waals surface area contributed by atoms with Crippen molar-refractivity contribution in [2.24, 2.45) is 17.3 Å². The van der Waals surface area contributed by atoms with Gasteiger partial charge in [0.1, 0.15) is 0 Å². The molecule has 1 heterocycles. The maximum atomic E-state index is 12.4. The standard InChI is InChI=1S/C15H27N3O2/c1-11(12-8-16-9-12)13(19)17-10-15(6-4-5-7-15)14(20)18(2)3/h11-12,16H,4-10H2,1-3H3,(H,17,19). The number of hydrogen-bond acceptors (Lipinski definition) is 3. The van der Waals surface area contributed by atoms with Crippen LogP contribution in [-0.2, 0) is 9.59 Å². The lowest BCUT2D eigenvalue weighted by Crippen LogP contribution is -2.52. The SMILES string of the molecule is CC(C(=O)NCC1(C(=O)N(C)C)CCCC1)C1CNC1. The molecule has 0 spiro atoms. The summed E-state index contributed by atoms with van der Waals surface area (Å²) in [6.45, 7) is 4.33. The Balaban J connectivity index is 1.92. The van der Waals surface area contributed by atoms with Crippen LogP contribution in [0.2, 0.25) is 0 Å². The third kappa shape index (κ3) is 2.97. The Hall–Kier alpha value is -1.10. The minimum atomic E-state index is -0.364. The van der Waals surface area contributed by atoms with Gasteiger partial charge in [0.25, 0.3) is 0 Å². The van der Waals surface area contributed by atoms with Gasteiger partial charge in [0.05, 0.1) is 5.41 Å². The quantitative estimate of drug-likeness (QED) is 0.776. The van der Waals surface area contributed by atoms with Crippen LogP contribution in [-0.4, -0.2) is 50.4 Å². The van der Waals surface area contributed by atoms with Crippen molar-refractivity contribution in [1.82, 2.24) is 15.5 Å². The van der Waals surface area contributed by atoms with E-state index in [4.69, 9.17) is 0 Å². The van der Waals surface area contributed by atoms with Gasteiger partial charge < -0.3 is 15.5 Å². The van der Waals surface area contributed by atoms with Crippen molar-refractivity contribution in [2.75, 3.05) is 33.7 Å². The summed E-state index contributed by atoms with van der Waals surface area (Å²) in [6, 6.07) is 0. The summed E-state index contributed by atoms with van der Waals surface area (Å²) in [5.41, 5.74) is -0.364. The molecular formula is C15H27N3O2. The predicted octanol–water partition coefficient (Wildman–Crippen LogP) is 0.607. The Morgan fingerprint density at radius 3 is 2.35 bits per heavy atom. The van der Waals surface area contributed by atoms with Gasteiger partial charge in [0.2, 0.25) is 11.8 Å². The van der Waals surface area contributed by atoms with Gasteiger partial charge in [-0.05, 0) is 31.8 Å². The number of nitrogens with zero attached hydrogens (tertiary/aromatic N) is 1. The third-order valence-corrected chi connectivity index (χ3v) is 4.96. The molecule has 1 saturated carbocycles. The topological polar surface area (TPSA) is 61.4 Å². The molecular weight excluding hydrogens is 254 g/mol. The summed E-state index contributed by atoms with van der Waals surface area (Å²) >= 11 is 0. The third-order valence-electron chi connectivity index (χ3n) is 4.96. The number of amides is 2. The van der Waals surface area contributed by atoms with E-state index in [2.05, 4.69) is 10.6 Å². The second-order valence-corrected chi connectivity index (χ2v) is 6.61. The van der Waals surface area contributed by atoms with Crippen LogP contribution in [0, 0.1) is 17.3 Å². The fourth-order valence-electron chi connectivity index (χ4n) is 3.29. The lowest BCUT2D eigenvalue weighted by Gasteiger charge is -2.34. The maximum absolute atomic E-state index is 12.4. The monoisotopic (exact) mass is 281 g/mol. The number of rotatable bonds is 5. The summed E-state index contributed by atoms with van der Waals surface area (Å²) in [7, 11) is 3.60. The fraction of sp³-hybridized carbons (Fsp3) is 0.867. The second kappa shape index (κ2) is 6.12. The van der Waals surface area contributed by atoms with Crippen molar-refractivity contribution >= 4 is 11.8 Å². The zero-order chi connectivity index (χ0) is 14.8. The van der Waals surface area contributed by atoms with Gasteiger partial charge in [0.15, 0.2) is 0 Å². The molecule has 0 aromatic heterocycles. The number of carbonyl (C=O) groups excluding carboxylic acids is 2. The van der Waals surface area contributed by atoms with Gasteiger partial charge in [-0.3, -0.25) is 9.59 Å². The highest BCUT2D eigenvalue weighted by Gasteiger charge is 2.42. The molecule has 1 aliphatic heterocycles. The molecule has 2 aliphatic rings. The minimum Gasteiger partial charge on any atom is -0.355 e. The van der Waals surface area contributed by atoms with Crippen molar-refractivity contribution < 1.29 is 9.59 Å². The summed E-state index contributed by atoms with van der Waals surface area (Å²) in [4.78, 5) is 26.3. The van der Waals surface area contributed by atoms with E-state index in [9.17, 15) is 9.59 Å². The Morgan fingerprint density at radius 2 is 1.90 bits per heavy atom. The van der Waals surface area contributed by atoms with Gasteiger partial charge in [-0.25, -0.2) is 0 Å².